The van der Waals surface area contributed by atoms with E-state index in [2.05, 4.69) is 15.5 Å². The van der Waals surface area contributed by atoms with Gasteiger partial charge in [0.1, 0.15) is 11.6 Å². The summed E-state index contributed by atoms with van der Waals surface area (Å²) >= 11 is 7.56. The number of nitrogens with one attached hydrogen (secondary N) is 1. The van der Waals surface area contributed by atoms with E-state index in [9.17, 15) is 4.39 Å². The Morgan fingerprint density at radius 1 is 1.28 bits per heavy atom. The van der Waals surface area contributed by atoms with Crippen LogP contribution in [0.25, 0.3) is 11.3 Å². The van der Waals surface area contributed by atoms with Crippen molar-refractivity contribution in [2.24, 2.45) is 5.10 Å². The van der Waals surface area contributed by atoms with Crippen molar-refractivity contribution in [3.8, 4) is 17.0 Å². The highest BCUT2D eigenvalue weighted by atomic mass is 35.5. The number of hydrogen-bond acceptors (Lipinski definition) is 5. The van der Waals surface area contributed by atoms with Crippen LogP contribution in [-0.4, -0.2) is 17.8 Å². The van der Waals surface area contributed by atoms with E-state index in [1.807, 2.05) is 24.4 Å². The molecule has 0 bridgehead atoms. The second-order valence-electron chi connectivity index (χ2n) is 5.04. The van der Waals surface area contributed by atoms with Gasteiger partial charge in [0.15, 0.2) is 0 Å². The average molecular weight is 376 g/mol. The van der Waals surface area contributed by atoms with E-state index in [4.69, 9.17) is 16.3 Å². The van der Waals surface area contributed by atoms with Gasteiger partial charge in [0.25, 0.3) is 0 Å². The van der Waals surface area contributed by atoms with Gasteiger partial charge in [0.2, 0.25) is 5.13 Å². The van der Waals surface area contributed by atoms with Crippen LogP contribution >= 0.6 is 22.9 Å². The van der Waals surface area contributed by atoms with E-state index < -0.39 is 0 Å². The smallest absolute Gasteiger partial charge is 0.203 e. The third-order valence-electron chi connectivity index (χ3n) is 3.27. The first kappa shape index (κ1) is 17.4. The first-order chi connectivity index (χ1) is 12.2. The minimum absolute atomic E-state index is 0.268. The Morgan fingerprint density at radius 2 is 2.08 bits per heavy atom. The van der Waals surface area contributed by atoms with Crippen molar-refractivity contribution >= 4 is 34.3 Å². The fourth-order valence-corrected chi connectivity index (χ4v) is 3.02. The third kappa shape index (κ3) is 4.55. The molecule has 0 unspecified atom stereocenters. The van der Waals surface area contributed by atoms with E-state index in [0.717, 1.165) is 16.8 Å². The SMILES string of the molecule is CCOc1ccc(/C=N\Nc2nc(-c3ccc(F)cc3)cs2)cc1Cl. The first-order valence-corrected chi connectivity index (χ1v) is 8.84. The van der Waals surface area contributed by atoms with E-state index in [1.54, 1.807) is 24.4 Å². The largest absolute Gasteiger partial charge is 0.492 e. The zero-order chi connectivity index (χ0) is 17.6. The molecule has 2 aromatic carbocycles. The second kappa shape index (κ2) is 8.09. The molecule has 0 fully saturated rings. The topological polar surface area (TPSA) is 46.5 Å². The normalized spacial score (nSPS) is 11.0. The Balaban J connectivity index is 1.65. The van der Waals surface area contributed by atoms with E-state index >= 15 is 0 Å². The monoisotopic (exact) mass is 375 g/mol. The number of anilines is 1. The number of rotatable bonds is 6. The molecule has 0 spiro atoms. The van der Waals surface area contributed by atoms with Gasteiger partial charge in [-0.3, -0.25) is 5.43 Å². The molecule has 0 aliphatic heterocycles. The van der Waals surface area contributed by atoms with Crippen LogP contribution in [0.3, 0.4) is 0 Å². The summed E-state index contributed by atoms with van der Waals surface area (Å²) in [5.41, 5.74) is 5.35. The molecule has 0 aliphatic rings. The molecule has 1 N–H and O–H groups in total. The fraction of sp³-hybridized carbons (Fsp3) is 0.111. The lowest BCUT2D eigenvalue weighted by Gasteiger charge is -2.05. The van der Waals surface area contributed by atoms with Gasteiger partial charge in [-0.05, 0) is 55.0 Å². The van der Waals surface area contributed by atoms with Gasteiger partial charge >= 0.3 is 0 Å². The maximum Gasteiger partial charge on any atom is 0.203 e. The molecule has 7 heteroatoms. The summed E-state index contributed by atoms with van der Waals surface area (Å²) < 4.78 is 18.4. The van der Waals surface area contributed by atoms with Gasteiger partial charge in [-0.25, -0.2) is 9.37 Å². The molecule has 3 rings (SSSR count). The van der Waals surface area contributed by atoms with Gasteiger partial charge in [-0.2, -0.15) is 5.10 Å². The molecule has 0 saturated carbocycles. The van der Waals surface area contributed by atoms with Crippen LogP contribution in [0.5, 0.6) is 5.75 Å². The molecule has 3 aromatic rings. The molecule has 25 heavy (non-hydrogen) atoms. The summed E-state index contributed by atoms with van der Waals surface area (Å²) in [6.45, 7) is 2.47. The lowest BCUT2D eigenvalue weighted by atomic mass is 10.2. The molecule has 0 amide bonds. The number of hydrogen-bond donors (Lipinski definition) is 1. The molecule has 1 heterocycles. The highest BCUT2D eigenvalue weighted by molar-refractivity contribution is 7.14. The Morgan fingerprint density at radius 3 is 2.80 bits per heavy atom. The van der Waals surface area contributed by atoms with Crippen molar-refractivity contribution in [3.05, 3.63) is 64.2 Å². The van der Waals surface area contributed by atoms with Crippen molar-refractivity contribution < 1.29 is 9.13 Å². The second-order valence-corrected chi connectivity index (χ2v) is 6.30. The maximum atomic E-state index is 13.0. The summed E-state index contributed by atoms with van der Waals surface area (Å²) in [5.74, 6) is 0.383. The summed E-state index contributed by atoms with van der Waals surface area (Å²) in [5, 5.41) is 7.24. The summed E-state index contributed by atoms with van der Waals surface area (Å²) in [6, 6.07) is 11.7. The molecule has 4 nitrogen and oxygen atoms in total. The van der Waals surface area contributed by atoms with E-state index in [-0.39, 0.29) is 5.82 Å². The molecule has 0 aliphatic carbocycles. The highest BCUT2D eigenvalue weighted by Gasteiger charge is 2.04. The lowest BCUT2D eigenvalue weighted by molar-refractivity contribution is 0.340. The zero-order valence-corrected chi connectivity index (χ0v) is 14.9. The Bertz CT molecular complexity index is 880. The molecular formula is C18H15ClFN3OS. The summed E-state index contributed by atoms with van der Waals surface area (Å²) in [4.78, 5) is 4.42. The lowest BCUT2D eigenvalue weighted by Crippen LogP contribution is -1.94. The average Bonchev–Trinajstić information content (AvgIpc) is 3.07. The summed E-state index contributed by atoms with van der Waals surface area (Å²) in [7, 11) is 0. The molecule has 0 saturated heterocycles. The minimum atomic E-state index is -0.268. The van der Waals surface area contributed by atoms with Gasteiger partial charge in [-0.1, -0.05) is 11.6 Å². The number of halogens is 2. The number of aromatic nitrogens is 1. The Hall–Kier alpha value is -2.44. The third-order valence-corrected chi connectivity index (χ3v) is 4.32. The number of nitrogens with zero attached hydrogens (tertiary/aromatic N) is 2. The van der Waals surface area contributed by atoms with Crippen LogP contribution in [0.4, 0.5) is 9.52 Å². The van der Waals surface area contributed by atoms with Crippen molar-refractivity contribution in [1.29, 1.82) is 0 Å². The van der Waals surface area contributed by atoms with Crippen LogP contribution in [-0.2, 0) is 0 Å². The quantitative estimate of drug-likeness (QED) is 0.460. The van der Waals surface area contributed by atoms with E-state index in [1.165, 1.54) is 23.5 Å². The number of ether oxygens (including phenoxy) is 1. The van der Waals surface area contributed by atoms with Crippen LogP contribution < -0.4 is 10.2 Å². The maximum absolute atomic E-state index is 13.0. The molecule has 1 aromatic heterocycles. The van der Waals surface area contributed by atoms with Crippen LogP contribution in [0.15, 0.2) is 52.9 Å². The van der Waals surface area contributed by atoms with Crippen molar-refractivity contribution in [3.63, 3.8) is 0 Å². The van der Waals surface area contributed by atoms with Gasteiger partial charge in [0.05, 0.1) is 23.5 Å². The van der Waals surface area contributed by atoms with Crippen LogP contribution in [0, 0.1) is 5.82 Å². The van der Waals surface area contributed by atoms with Crippen molar-refractivity contribution in [2.75, 3.05) is 12.0 Å². The fourth-order valence-electron chi connectivity index (χ4n) is 2.11. The van der Waals surface area contributed by atoms with Crippen LogP contribution in [0.1, 0.15) is 12.5 Å². The van der Waals surface area contributed by atoms with Crippen molar-refractivity contribution in [2.45, 2.75) is 6.92 Å². The predicted octanol–water partition coefficient (Wildman–Crippen LogP) is 5.45. The standard InChI is InChI=1S/C18H15ClFN3OS/c1-2-24-17-8-3-12(9-15(17)19)10-21-23-18-22-16(11-25-18)13-4-6-14(20)7-5-13/h3-11H,2H2,1H3,(H,22,23)/b21-10-. The Labute approximate surface area is 153 Å². The van der Waals surface area contributed by atoms with Crippen molar-refractivity contribution in [1.82, 2.24) is 4.98 Å². The molecule has 128 valence electrons. The number of thiazole rings is 1. The first-order valence-electron chi connectivity index (χ1n) is 7.58. The van der Waals surface area contributed by atoms with Gasteiger partial charge in [0, 0.05) is 10.9 Å². The molecule has 0 atom stereocenters. The summed E-state index contributed by atoms with van der Waals surface area (Å²) in [6.07, 6.45) is 1.65. The highest BCUT2D eigenvalue weighted by Crippen LogP contribution is 2.26. The molecule has 0 radical (unpaired) electrons. The molecular weight excluding hydrogens is 361 g/mol. The Kier molecular flexibility index (Phi) is 5.63. The predicted molar refractivity (Wildman–Crippen MR) is 101 cm³/mol. The number of benzene rings is 2. The van der Waals surface area contributed by atoms with Gasteiger partial charge < -0.3 is 4.74 Å². The number of hydrazone groups is 1. The van der Waals surface area contributed by atoms with E-state index in [0.29, 0.717) is 22.5 Å². The van der Waals surface area contributed by atoms with Gasteiger partial charge in [-0.15, -0.1) is 11.3 Å². The minimum Gasteiger partial charge on any atom is -0.492 e. The van der Waals surface area contributed by atoms with Crippen LogP contribution in [0.2, 0.25) is 5.02 Å². The zero-order valence-electron chi connectivity index (χ0n) is 13.4.